The van der Waals surface area contributed by atoms with Gasteiger partial charge in [0.05, 0.1) is 5.69 Å². The lowest BCUT2D eigenvalue weighted by Crippen LogP contribution is -2.04. The second kappa shape index (κ2) is 4.05. The minimum Gasteiger partial charge on any atom is -0.383 e. The van der Waals surface area contributed by atoms with Crippen molar-refractivity contribution >= 4 is 5.82 Å². The largest absolute Gasteiger partial charge is 0.383 e. The molecule has 0 aliphatic heterocycles. The van der Waals surface area contributed by atoms with E-state index in [1.54, 1.807) is 6.07 Å². The molecular weight excluding hydrogens is 229 g/mol. The Morgan fingerprint density at radius 1 is 1.28 bits per heavy atom. The molecule has 1 aromatic carbocycles. The number of nitrogens with two attached hydrogens (primary N) is 1. The lowest BCUT2D eigenvalue weighted by atomic mass is 10.1. The summed E-state index contributed by atoms with van der Waals surface area (Å²) in [7, 11) is 0. The van der Waals surface area contributed by atoms with Gasteiger partial charge in [-0.05, 0) is 31.9 Å². The summed E-state index contributed by atoms with van der Waals surface area (Å²) >= 11 is 0. The van der Waals surface area contributed by atoms with Crippen molar-refractivity contribution in [3.8, 4) is 11.3 Å². The highest BCUT2D eigenvalue weighted by molar-refractivity contribution is 5.67. The summed E-state index contributed by atoms with van der Waals surface area (Å²) in [6, 6.07) is 6.42. The summed E-state index contributed by atoms with van der Waals surface area (Å²) in [6.45, 7) is 1.87. The molecule has 0 saturated heterocycles. The Morgan fingerprint density at radius 2 is 2.06 bits per heavy atom. The molecule has 0 bridgehead atoms. The number of hydrogen-bond donors (Lipinski definition) is 1. The third kappa shape index (κ3) is 1.94. The highest BCUT2D eigenvalue weighted by Crippen LogP contribution is 2.39. The normalized spacial score (nSPS) is 14.8. The Hall–Kier alpha value is -1.97. The zero-order valence-corrected chi connectivity index (χ0v) is 10.2. The minimum absolute atomic E-state index is 0.267. The first kappa shape index (κ1) is 11.1. The number of halogens is 1. The topological polar surface area (TPSA) is 51.8 Å². The molecule has 18 heavy (non-hydrogen) atoms. The van der Waals surface area contributed by atoms with Crippen LogP contribution in [0.4, 0.5) is 10.2 Å². The fraction of sp³-hybridized carbons (Fsp3) is 0.286. The van der Waals surface area contributed by atoms with Crippen molar-refractivity contribution in [2.45, 2.75) is 25.7 Å². The fourth-order valence-corrected chi connectivity index (χ4v) is 1.99. The maximum Gasteiger partial charge on any atom is 0.134 e. The molecule has 3 nitrogen and oxygen atoms in total. The summed E-state index contributed by atoms with van der Waals surface area (Å²) in [4.78, 5) is 8.86. The molecule has 2 aromatic rings. The summed E-state index contributed by atoms with van der Waals surface area (Å²) in [5.74, 6) is 1.45. The van der Waals surface area contributed by atoms with Gasteiger partial charge in [-0.25, -0.2) is 14.4 Å². The van der Waals surface area contributed by atoms with Crippen LogP contribution < -0.4 is 5.73 Å². The van der Waals surface area contributed by atoms with Crippen LogP contribution in [0.25, 0.3) is 11.3 Å². The second-order valence-corrected chi connectivity index (χ2v) is 4.73. The first-order valence-electron chi connectivity index (χ1n) is 6.05. The number of nitrogens with zero attached hydrogens (tertiary/aromatic N) is 2. The maximum absolute atomic E-state index is 13.3. The van der Waals surface area contributed by atoms with Gasteiger partial charge >= 0.3 is 0 Å². The van der Waals surface area contributed by atoms with Gasteiger partial charge in [0.15, 0.2) is 0 Å². The van der Waals surface area contributed by atoms with E-state index in [0.29, 0.717) is 11.7 Å². The average Bonchev–Trinajstić information content (AvgIpc) is 3.16. The van der Waals surface area contributed by atoms with Gasteiger partial charge in [-0.1, -0.05) is 12.1 Å². The Bertz CT molecular complexity index is 606. The van der Waals surface area contributed by atoms with Crippen molar-refractivity contribution in [2.75, 3.05) is 5.73 Å². The smallest absolute Gasteiger partial charge is 0.134 e. The minimum atomic E-state index is -0.267. The molecule has 3 rings (SSSR count). The summed E-state index contributed by atoms with van der Waals surface area (Å²) in [6.07, 6.45) is 2.23. The van der Waals surface area contributed by atoms with Gasteiger partial charge in [-0.2, -0.15) is 0 Å². The first-order chi connectivity index (χ1) is 8.65. The second-order valence-electron chi connectivity index (χ2n) is 4.73. The van der Waals surface area contributed by atoms with Gasteiger partial charge in [0.25, 0.3) is 0 Å². The van der Waals surface area contributed by atoms with E-state index in [2.05, 4.69) is 9.97 Å². The van der Waals surface area contributed by atoms with E-state index in [4.69, 9.17) is 5.73 Å². The van der Waals surface area contributed by atoms with Gasteiger partial charge in [0.2, 0.25) is 0 Å². The van der Waals surface area contributed by atoms with Crippen molar-refractivity contribution in [2.24, 2.45) is 0 Å². The van der Waals surface area contributed by atoms with Gasteiger partial charge < -0.3 is 5.73 Å². The van der Waals surface area contributed by atoms with Crippen LogP contribution in [0.1, 0.15) is 30.1 Å². The van der Waals surface area contributed by atoms with Crippen LogP contribution in [-0.2, 0) is 0 Å². The van der Waals surface area contributed by atoms with Crippen molar-refractivity contribution in [1.82, 2.24) is 9.97 Å². The number of rotatable bonds is 2. The van der Waals surface area contributed by atoms with Gasteiger partial charge in [0, 0.05) is 17.0 Å². The molecule has 1 heterocycles. The molecule has 4 heteroatoms. The zero-order valence-electron chi connectivity index (χ0n) is 10.2. The molecule has 0 amide bonds. The Balaban J connectivity index is 2.15. The molecule has 1 fully saturated rings. The number of benzene rings is 1. The summed E-state index contributed by atoms with van der Waals surface area (Å²) < 4.78 is 13.3. The fourth-order valence-electron chi connectivity index (χ4n) is 1.99. The van der Waals surface area contributed by atoms with E-state index in [-0.39, 0.29) is 5.82 Å². The molecule has 2 N–H and O–H groups in total. The quantitative estimate of drug-likeness (QED) is 0.882. The van der Waals surface area contributed by atoms with Crippen molar-refractivity contribution in [3.05, 3.63) is 41.5 Å². The Labute approximate surface area is 105 Å². The molecule has 0 unspecified atom stereocenters. The highest BCUT2D eigenvalue weighted by atomic mass is 19.1. The lowest BCUT2D eigenvalue weighted by Gasteiger charge is -2.10. The monoisotopic (exact) mass is 243 g/mol. The van der Waals surface area contributed by atoms with Gasteiger partial charge in [-0.15, -0.1) is 0 Å². The predicted octanol–water partition coefficient (Wildman–Crippen LogP) is 3.05. The summed E-state index contributed by atoms with van der Waals surface area (Å²) in [5.41, 5.74) is 8.22. The van der Waals surface area contributed by atoms with Gasteiger partial charge in [-0.3, -0.25) is 0 Å². The van der Waals surface area contributed by atoms with Gasteiger partial charge in [0.1, 0.15) is 17.5 Å². The van der Waals surface area contributed by atoms with Crippen molar-refractivity contribution in [1.29, 1.82) is 0 Å². The van der Waals surface area contributed by atoms with E-state index >= 15 is 0 Å². The molecule has 0 atom stereocenters. The van der Waals surface area contributed by atoms with Crippen LogP contribution >= 0.6 is 0 Å². The molecule has 0 spiro atoms. The van der Waals surface area contributed by atoms with E-state index in [1.165, 1.54) is 12.1 Å². The molecule has 0 radical (unpaired) electrons. The predicted molar refractivity (Wildman–Crippen MR) is 68.6 cm³/mol. The number of nitrogen functional groups attached to an aromatic ring is 1. The number of hydrogen-bond acceptors (Lipinski definition) is 3. The van der Waals surface area contributed by atoms with E-state index in [1.807, 2.05) is 13.0 Å². The van der Waals surface area contributed by atoms with Crippen LogP contribution in [0.5, 0.6) is 0 Å². The summed E-state index contributed by atoms with van der Waals surface area (Å²) in [5, 5.41) is 0. The van der Waals surface area contributed by atoms with Crippen LogP contribution in [0.15, 0.2) is 24.3 Å². The Morgan fingerprint density at radius 3 is 2.72 bits per heavy atom. The van der Waals surface area contributed by atoms with Crippen LogP contribution in [0.2, 0.25) is 0 Å². The standard InChI is InChI=1S/C14H14FN3/c1-8-12(10-3-2-4-11(15)7-10)17-14(9-5-6-9)18-13(8)16/h2-4,7,9H,5-6H2,1H3,(H2,16,17,18). The van der Waals surface area contributed by atoms with Crippen molar-refractivity contribution in [3.63, 3.8) is 0 Å². The molecule has 1 aromatic heterocycles. The van der Waals surface area contributed by atoms with Crippen LogP contribution in [0.3, 0.4) is 0 Å². The van der Waals surface area contributed by atoms with Crippen molar-refractivity contribution < 1.29 is 4.39 Å². The molecular formula is C14H14FN3. The molecule has 1 aliphatic carbocycles. The lowest BCUT2D eigenvalue weighted by molar-refractivity contribution is 0.628. The average molecular weight is 243 g/mol. The Kier molecular flexibility index (Phi) is 2.51. The highest BCUT2D eigenvalue weighted by Gasteiger charge is 2.28. The molecule has 1 saturated carbocycles. The van der Waals surface area contributed by atoms with E-state index < -0.39 is 0 Å². The first-order valence-corrected chi connectivity index (χ1v) is 6.05. The number of aromatic nitrogens is 2. The SMILES string of the molecule is Cc1c(N)nc(C2CC2)nc1-c1cccc(F)c1. The third-order valence-electron chi connectivity index (χ3n) is 3.24. The maximum atomic E-state index is 13.3. The zero-order chi connectivity index (χ0) is 12.7. The number of anilines is 1. The molecule has 1 aliphatic rings. The molecule has 92 valence electrons. The van der Waals surface area contributed by atoms with Crippen LogP contribution in [-0.4, -0.2) is 9.97 Å². The third-order valence-corrected chi connectivity index (χ3v) is 3.24. The van der Waals surface area contributed by atoms with Crippen LogP contribution in [0, 0.1) is 12.7 Å². The van der Waals surface area contributed by atoms with E-state index in [0.717, 1.165) is 35.5 Å². The van der Waals surface area contributed by atoms with E-state index in [9.17, 15) is 4.39 Å².